The predicted octanol–water partition coefficient (Wildman–Crippen LogP) is 4.34. The number of aliphatic hydroxyl groups is 1. The molecule has 4 rings (SSSR count). The molecule has 3 atom stereocenters. The molecule has 38 heavy (non-hydrogen) atoms. The van der Waals surface area contributed by atoms with Gasteiger partial charge in [0, 0.05) is 48.5 Å². The number of ether oxygens (including phenoxy) is 1. The first-order valence-electron chi connectivity index (χ1n) is 12.6. The zero-order valence-electron chi connectivity index (χ0n) is 21.8. The fourth-order valence-electron chi connectivity index (χ4n) is 4.58. The van der Waals surface area contributed by atoms with Crippen LogP contribution in [0.3, 0.4) is 0 Å². The summed E-state index contributed by atoms with van der Waals surface area (Å²) in [7, 11) is 2.01. The van der Waals surface area contributed by atoms with Gasteiger partial charge >= 0.3 is 0 Å². The number of rotatable bonds is 8. The molecule has 0 unspecified atom stereocenters. The van der Waals surface area contributed by atoms with Gasteiger partial charge in [-0.25, -0.2) is 0 Å². The lowest BCUT2D eigenvalue weighted by molar-refractivity contribution is 0.0343. The van der Waals surface area contributed by atoms with Gasteiger partial charge in [0.25, 0.3) is 11.8 Å². The summed E-state index contributed by atoms with van der Waals surface area (Å²) >= 11 is 6.18. The lowest BCUT2D eigenvalue weighted by Crippen LogP contribution is -2.49. The average molecular weight is 537 g/mol. The molecule has 1 aliphatic heterocycles. The number of likely N-dealkylation sites (N-methyl/N-ethyl adjacent to an activating group) is 1. The Bertz CT molecular complexity index is 1270. The first-order chi connectivity index (χ1) is 18.3. The highest BCUT2D eigenvalue weighted by Gasteiger charge is 2.34. The van der Waals surface area contributed by atoms with E-state index in [4.69, 9.17) is 16.3 Å². The number of nitrogens with zero attached hydrogens (tertiary/aromatic N) is 3. The molecule has 0 bridgehead atoms. The molecule has 2 amide bonds. The number of nitrogens with one attached hydrogen (secondary N) is 1. The number of hydrogen-bond donors (Lipinski definition) is 2. The molecule has 200 valence electrons. The lowest BCUT2D eigenvalue weighted by Gasteiger charge is -2.38. The van der Waals surface area contributed by atoms with Crippen LogP contribution in [0.25, 0.3) is 0 Å². The Balaban J connectivity index is 1.67. The molecule has 0 saturated heterocycles. The van der Waals surface area contributed by atoms with Crippen LogP contribution in [0.15, 0.2) is 67.0 Å². The molecule has 0 aliphatic carbocycles. The normalized spacial score (nSPS) is 18.3. The van der Waals surface area contributed by atoms with Gasteiger partial charge < -0.3 is 20.1 Å². The molecular weight excluding hydrogens is 504 g/mol. The van der Waals surface area contributed by atoms with Crippen LogP contribution in [0.4, 0.5) is 5.69 Å². The van der Waals surface area contributed by atoms with E-state index in [9.17, 15) is 14.7 Å². The Morgan fingerprint density at radius 2 is 1.97 bits per heavy atom. The van der Waals surface area contributed by atoms with Gasteiger partial charge in [0.15, 0.2) is 5.75 Å². The van der Waals surface area contributed by atoms with Crippen molar-refractivity contribution in [2.45, 2.75) is 32.5 Å². The van der Waals surface area contributed by atoms with Gasteiger partial charge in [0.1, 0.15) is 6.10 Å². The molecule has 2 aromatic carbocycles. The maximum Gasteiger partial charge on any atom is 0.258 e. The first-order valence-corrected chi connectivity index (χ1v) is 13.0. The summed E-state index contributed by atoms with van der Waals surface area (Å²) in [5.41, 5.74) is 2.27. The second-order valence-corrected chi connectivity index (χ2v) is 10.3. The zero-order valence-corrected chi connectivity index (χ0v) is 22.6. The van der Waals surface area contributed by atoms with Crippen LogP contribution in [0.5, 0.6) is 5.75 Å². The summed E-state index contributed by atoms with van der Waals surface area (Å²) in [4.78, 5) is 34.4. The molecular formula is C29H33ClN4O4. The third kappa shape index (κ3) is 6.51. The lowest BCUT2D eigenvalue weighted by atomic mass is 9.98. The number of anilines is 1. The number of hydrogen-bond acceptors (Lipinski definition) is 6. The largest absolute Gasteiger partial charge is 0.486 e. The topological polar surface area (TPSA) is 95.0 Å². The number of amides is 2. The maximum absolute atomic E-state index is 13.6. The van der Waals surface area contributed by atoms with E-state index in [1.807, 2.05) is 45.2 Å². The van der Waals surface area contributed by atoms with Gasteiger partial charge in [-0.15, -0.1) is 0 Å². The highest BCUT2D eigenvalue weighted by atomic mass is 35.5. The van der Waals surface area contributed by atoms with E-state index in [0.29, 0.717) is 47.2 Å². The third-order valence-electron chi connectivity index (χ3n) is 6.72. The van der Waals surface area contributed by atoms with Crippen LogP contribution in [0, 0.1) is 5.92 Å². The van der Waals surface area contributed by atoms with Crippen LogP contribution in [-0.4, -0.2) is 70.6 Å². The molecule has 1 aliphatic rings. The van der Waals surface area contributed by atoms with Gasteiger partial charge in [0.05, 0.1) is 23.9 Å². The molecule has 2 N–H and O–H groups in total. The van der Waals surface area contributed by atoms with Crippen molar-refractivity contribution in [3.05, 3.63) is 88.7 Å². The first kappa shape index (κ1) is 27.6. The molecule has 1 aromatic heterocycles. The summed E-state index contributed by atoms with van der Waals surface area (Å²) in [5.74, 6) is -0.323. The Hall–Kier alpha value is -3.46. The number of fused-ring (bicyclic) bond motifs is 1. The fraction of sp³-hybridized carbons (Fsp3) is 0.345. The number of para-hydroxylation sites is 1. The van der Waals surface area contributed by atoms with Crippen molar-refractivity contribution in [3.8, 4) is 5.75 Å². The summed E-state index contributed by atoms with van der Waals surface area (Å²) in [6.07, 6.45) is 2.79. The van der Waals surface area contributed by atoms with Crippen molar-refractivity contribution in [2.24, 2.45) is 5.92 Å². The monoisotopic (exact) mass is 536 g/mol. The molecule has 0 radical (unpaired) electrons. The quantitative estimate of drug-likeness (QED) is 0.445. The number of pyridine rings is 1. The number of carbonyl (C=O) groups excluding carboxylic acids is 2. The summed E-state index contributed by atoms with van der Waals surface area (Å²) in [6.45, 7) is 5.34. The van der Waals surface area contributed by atoms with Gasteiger partial charge in [-0.1, -0.05) is 36.7 Å². The van der Waals surface area contributed by atoms with Crippen molar-refractivity contribution in [1.82, 2.24) is 14.8 Å². The summed E-state index contributed by atoms with van der Waals surface area (Å²) in [5, 5.41) is 13.5. The Morgan fingerprint density at radius 3 is 2.68 bits per heavy atom. The van der Waals surface area contributed by atoms with E-state index in [0.717, 1.165) is 5.56 Å². The molecule has 2 heterocycles. The van der Waals surface area contributed by atoms with Crippen LogP contribution >= 0.6 is 11.6 Å². The second-order valence-electron chi connectivity index (χ2n) is 9.82. The molecule has 3 aromatic rings. The Labute approximate surface area is 228 Å². The molecule has 0 spiro atoms. The SMILES string of the molecule is C[C@@H]1CN([C@@H](C)CO)C(=O)c2cccc(NC(=O)c3ccncc3)c2O[C@H]1CN(C)Cc1cccc(Cl)c1. The van der Waals surface area contributed by atoms with Gasteiger partial charge in [0.2, 0.25) is 0 Å². The number of carbonyl (C=O) groups is 2. The summed E-state index contributed by atoms with van der Waals surface area (Å²) in [6, 6.07) is 15.7. The minimum atomic E-state index is -0.379. The van der Waals surface area contributed by atoms with E-state index in [2.05, 4.69) is 15.2 Å². The second kappa shape index (κ2) is 12.4. The Kier molecular flexibility index (Phi) is 8.99. The van der Waals surface area contributed by atoms with Gasteiger partial charge in [-0.3, -0.25) is 19.5 Å². The van der Waals surface area contributed by atoms with E-state index < -0.39 is 0 Å². The highest BCUT2D eigenvalue weighted by Crippen LogP contribution is 2.35. The standard InChI is InChI=1S/C29H33ClN4O4/c1-19-15-34(20(2)18-35)29(37)24-8-5-9-25(32-28(36)22-10-12-31-13-11-22)27(24)38-26(19)17-33(3)16-21-6-4-7-23(30)14-21/h4-14,19-20,26,35H,15-18H2,1-3H3,(H,32,36)/t19-,20+,26+/m1/s1. The molecule has 9 heteroatoms. The van der Waals surface area contributed by atoms with Crippen molar-refractivity contribution in [2.75, 3.05) is 32.1 Å². The van der Waals surface area contributed by atoms with Crippen molar-refractivity contribution in [1.29, 1.82) is 0 Å². The molecule has 8 nitrogen and oxygen atoms in total. The number of aromatic nitrogens is 1. The maximum atomic E-state index is 13.6. The van der Waals surface area contributed by atoms with Crippen LogP contribution in [-0.2, 0) is 6.54 Å². The van der Waals surface area contributed by atoms with Crippen molar-refractivity contribution in [3.63, 3.8) is 0 Å². The highest BCUT2D eigenvalue weighted by molar-refractivity contribution is 6.30. The average Bonchev–Trinajstić information content (AvgIpc) is 2.91. The fourth-order valence-corrected chi connectivity index (χ4v) is 4.79. The van der Waals surface area contributed by atoms with E-state index in [1.165, 1.54) is 0 Å². The van der Waals surface area contributed by atoms with Crippen LogP contribution < -0.4 is 10.1 Å². The number of halogens is 1. The van der Waals surface area contributed by atoms with E-state index in [-0.39, 0.29) is 36.5 Å². The third-order valence-corrected chi connectivity index (χ3v) is 6.95. The minimum Gasteiger partial charge on any atom is -0.486 e. The van der Waals surface area contributed by atoms with Gasteiger partial charge in [-0.05, 0) is 55.9 Å². The van der Waals surface area contributed by atoms with Gasteiger partial charge in [-0.2, -0.15) is 0 Å². The van der Waals surface area contributed by atoms with Crippen molar-refractivity contribution >= 4 is 29.1 Å². The smallest absolute Gasteiger partial charge is 0.258 e. The zero-order chi connectivity index (χ0) is 27.2. The Morgan fingerprint density at radius 1 is 1.24 bits per heavy atom. The van der Waals surface area contributed by atoms with E-state index >= 15 is 0 Å². The number of benzene rings is 2. The number of aliphatic hydroxyl groups excluding tert-OH is 1. The molecule has 0 saturated carbocycles. The predicted molar refractivity (Wildman–Crippen MR) is 148 cm³/mol. The van der Waals surface area contributed by atoms with Crippen LogP contribution in [0.2, 0.25) is 5.02 Å². The van der Waals surface area contributed by atoms with E-state index in [1.54, 1.807) is 47.6 Å². The van der Waals surface area contributed by atoms with Crippen molar-refractivity contribution < 1.29 is 19.4 Å². The molecule has 0 fully saturated rings. The minimum absolute atomic E-state index is 0.0631. The van der Waals surface area contributed by atoms with Crippen LogP contribution in [0.1, 0.15) is 40.1 Å². The summed E-state index contributed by atoms with van der Waals surface area (Å²) < 4.78 is 6.58.